The maximum atomic E-state index is 10.2. The molecule has 1 aliphatic heterocycles. The number of isocyanates is 1. The predicted octanol–water partition coefficient (Wildman–Crippen LogP) is 3.03. The smallest absolute Gasteiger partial charge is 0.235 e. The fourth-order valence-electron chi connectivity index (χ4n) is 1.96. The van der Waals surface area contributed by atoms with Gasteiger partial charge in [0.1, 0.15) is 0 Å². The van der Waals surface area contributed by atoms with Crippen LogP contribution in [0.3, 0.4) is 0 Å². The molecular weight excluding hydrogens is 242 g/mol. The molecule has 0 N–H and O–H groups in total. The van der Waals surface area contributed by atoms with E-state index >= 15 is 0 Å². The Labute approximate surface area is 104 Å². The van der Waals surface area contributed by atoms with Crippen LogP contribution < -0.4 is 9.47 Å². The summed E-state index contributed by atoms with van der Waals surface area (Å²) in [7, 11) is 0. The molecule has 0 atom stereocenters. The highest BCUT2D eigenvalue weighted by Gasteiger charge is 2.25. The summed E-state index contributed by atoms with van der Waals surface area (Å²) in [6, 6.07) is 1.70. The lowest BCUT2D eigenvalue weighted by Crippen LogP contribution is -2.00. The molecule has 0 aromatic heterocycles. The number of aliphatic imine (C=N–C) groups is 1. The molecule has 0 unspecified atom stereocenters. The first-order valence-corrected chi connectivity index (χ1v) is 5.67. The number of nitrogens with zero attached hydrogens (tertiary/aromatic N) is 1. The van der Waals surface area contributed by atoms with E-state index in [1.54, 1.807) is 6.07 Å². The third kappa shape index (κ3) is 2.14. The molecule has 0 spiro atoms. The van der Waals surface area contributed by atoms with Crippen molar-refractivity contribution in [1.82, 2.24) is 0 Å². The molecule has 1 heterocycles. The Morgan fingerprint density at radius 3 is 2.94 bits per heavy atom. The summed E-state index contributed by atoms with van der Waals surface area (Å²) in [6.45, 7) is 4.47. The lowest BCUT2D eigenvalue weighted by Gasteiger charge is -2.15. The molecule has 1 aliphatic rings. The van der Waals surface area contributed by atoms with E-state index in [1.165, 1.54) is 6.08 Å². The summed E-state index contributed by atoms with van der Waals surface area (Å²) in [4.78, 5) is 13.8. The number of ether oxygens (including phenoxy) is 2. The zero-order valence-corrected chi connectivity index (χ0v) is 10.4. The van der Waals surface area contributed by atoms with Gasteiger partial charge in [0, 0.05) is 22.2 Å². The van der Waals surface area contributed by atoms with E-state index in [0.29, 0.717) is 16.5 Å². The molecular formula is C12H12ClNO3. The molecule has 90 valence electrons. The number of halogens is 1. The SMILES string of the molecule is CC(C)c1c(CN=C=O)c(Cl)cc2c1OCO2. The van der Waals surface area contributed by atoms with Gasteiger partial charge in [0.15, 0.2) is 11.5 Å². The molecule has 2 rings (SSSR count). The second kappa shape index (κ2) is 4.78. The maximum Gasteiger partial charge on any atom is 0.235 e. The van der Waals surface area contributed by atoms with Gasteiger partial charge in [-0.1, -0.05) is 25.4 Å². The lowest BCUT2D eigenvalue weighted by atomic mass is 9.95. The van der Waals surface area contributed by atoms with Crippen LogP contribution in [0.2, 0.25) is 5.02 Å². The molecule has 0 aliphatic carbocycles. The van der Waals surface area contributed by atoms with Gasteiger partial charge in [-0.25, -0.2) is 9.79 Å². The van der Waals surface area contributed by atoms with Crippen molar-refractivity contribution in [2.75, 3.05) is 6.79 Å². The van der Waals surface area contributed by atoms with Crippen molar-refractivity contribution >= 4 is 17.7 Å². The fraction of sp³-hybridized carbons (Fsp3) is 0.417. The van der Waals surface area contributed by atoms with E-state index < -0.39 is 0 Å². The Morgan fingerprint density at radius 1 is 1.53 bits per heavy atom. The van der Waals surface area contributed by atoms with Crippen LogP contribution >= 0.6 is 11.6 Å². The van der Waals surface area contributed by atoms with E-state index in [9.17, 15) is 4.79 Å². The Hall–Kier alpha value is -1.51. The van der Waals surface area contributed by atoms with Crippen LogP contribution in [0.1, 0.15) is 30.9 Å². The van der Waals surface area contributed by atoms with E-state index in [2.05, 4.69) is 4.99 Å². The van der Waals surface area contributed by atoms with Gasteiger partial charge in [0.25, 0.3) is 0 Å². The zero-order chi connectivity index (χ0) is 12.4. The van der Waals surface area contributed by atoms with Crippen molar-refractivity contribution in [2.24, 2.45) is 4.99 Å². The summed E-state index contributed by atoms with van der Waals surface area (Å²) in [5, 5.41) is 0.539. The standard InChI is InChI=1S/C12H12ClNO3/c1-7(2)11-8(4-14-5-15)9(13)3-10-12(11)17-6-16-10/h3,7H,4,6H2,1-2H3. The molecule has 0 fully saturated rings. The van der Waals surface area contributed by atoms with E-state index in [0.717, 1.165) is 11.1 Å². The Bertz CT molecular complexity index is 493. The monoisotopic (exact) mass is 253 g/mol. The first-order chi connectivity index (χ1) is 8.15. The van der Waals surface area contributed by atoms with Gasteiger partial charge in [-0.2, -0.15) is 0 Å². The average molecular weight is 254 g/mol. The summed E-state index contributed by atoms with van der Waals surface area (Å²) >= 11 is 6.17. The van der Waals surface area contributed by atoms with E-state index in [1.807, 2.05) is 13.8 Å². The van der Waals surface area contributed by atoms with Crippen LogP contribution in [-0.4, -0.2) is 12.9 Å². The molecule has 4 nitrogen and oxygen atoms in total. The van der Waals surface area contributed by atoms with Gasteiger partial charge in [-0.05, 0) is 5.92 Å². The number of rotatable bonds is 3. The van der Waals surface area contributed by atoms with Crippen LogP contribution in [0.25, 0.3) is 0 Å². The van der Waals surface area contributed by atoms with Gasteiger partial charge in [0.05, 0.1) is 6.54 Å². The predicted molar refractivity (Wildman–Crippen MR) is 63.5 cm³/mol. The molecule has 0 saturated heterocycles. The van der Waals surface area contributed by atoms with Crippen molar-refractivity contribution in [3.05, 3.63) is 22.2 Å². The minimum atomic E-state index is 0.200. The number of benzene rings is 1. The normalized spacial score (nSPS) is 12.7. The second-order valence-corrected chi connectivity index (χ2v) is 4.45. The van der Waals surface area contributed by atoms with Crippen LogP contribution in [0.15, 0.2) is 11.1 Å². The fourth-order valence-corrected chi connectivity index (χ4v) is 2.22. The highest BCUT2D eigenvalue weighted by atomic mass is 35.5. The van der Waals surface area contributed by atoms with Crippen LogP contribution in [-0.2, 0) is 11.3 Å². The van der Waals surface area contributed by atoms with E-state index in [-0.39, 0.29) is 19.3 Å². The van der Waals surface area contributed by atoms with Crippen LogP contribution in [0.5, 0.6) is 11.5 Å². The van der Waals surface area contributed by atoms with Crippen LogP contribution in [0, 0.1) is 0 Å². The Balaban J connectivity index is 2.60. The lowest BCUT2D eigenvalue weighted by molar-refractivity contribution is 0.173. The second-order valence-electron chi connectivity index (χ2n) is 4.05. The third-order valence-electron chi connectivity index (χ3n) is 2.64. The van der Waals surface area contributed by atoms with Gasteiger partial charge >= 0.3 is 0 Å². The number of hydrogen-bond acceptors (Lipinski definition) is 4. The third-order valence-corrected chi connectivity index (χ3v) is 2.97. The molecule has 17 heavy (non-hydrogen) atoms. The molecule has 1 aromatic carbocycles. The Morgan fingerprint density at radius 2 is 2.29 bits per heavy atom. The first kappa shape index (κ1) is 12.0. The molecule has 0 bridgehead atoms. The largest absolute Gasteiger partial charge is 0.454 e. The maximum absolute atomic E-state index is 10.2. The van der Waals surface area contributed by atoms with Crippen molar-refractivity contribution in [3.63, 3.8) is 0 Å². The molecule has 5 heteroatoms. The summed E-state index contributed by atoms with van der Waals surface area (Å²) in [6.07, 6.45) is 1.52. The molecule has 0 saturated carbocycles. The molecule has 0 radical (unpaired) electrons. The first-order valence-electron chi connectivity index (χ1n) is 5.29. The van der Waals surface area contributed by atoms with Crippen LogP contribution in [0.4, 0.5) is 0 Å². The average Bonchev–Trinajstić information content (AvgIpc) is 2.72. The highest BCUT2D eigenvalue weighted by Crippen LogP contribution is 2.44. The number of hydrogen-bond donors (Lipinski definition) is 0. The zero-order valence-electron chi connectivity index (χ0n) is 9.62. The molecule has 1 aromatic rings. The van der Waals surface area contributed by atoms with Gasteiger partial charge in [0.2, 0.25) is 12.9 Å². The Kier molecular flexibility index (Phi) is 3.36. The van der Waals surface area contributed by atoms with Crippen molar-refractivity contribution in [1.29, 1.82) is 0 Å². The molecule has 0 amide bonds. The van der Waals surface area contributed by atoms with Gasteiger partial charge in [-0.15, -0.1) is 0 Å². The highest BCUT2D eigenvalue weighted by molar-refractivity contribution is 6.31. The minimum absolute atomic E-state index is 0.200. The van der Waals surface area contributed by atoms with Crippen molar-refractivity contribution in [2.45, 2.75) is 26.3 Å². The minimum Gasteiger partial charge on any atom is -0.454 e. The summed E-state index contributed by atoms with van der Waals surface area (Å²) in [5.41, 5.74) is 1.75. The van der Waals surface area contributed by atoms with Crippen molar-refractivity contribution < 1.29 is 14.3 Å². The van der Waals surface area contributed by atoms with E-state index in [4.69, 9.17) is 21.1 Å². The number of fused-ring (bicyclic) bond motifs is 1. The van der Waals surface area contributed by atoms with Gasteiger partial charge < -0.3 is 9.47 Å². The van der Waals surface area contributed by atoms with Crippen molar-refractivity contribution in [3.8, 4) is 11.5 Å². The quantitative estimate of drug-likeness (QED) is 0.614. The summed E-state index contributed by atoms with van der Waals surface area (Å²) < 4.78 is 10.8. The summed E-state index contributed by atoms with van der Waals surface area (Å²) in [5.74, 6) is 1.57. The van der Waals surface area contributed by atoms with Gasteiger partial charge in [-0.3, -0.25) is 0 Å². The topological polar surface area (TPSA) is 47.9 Å². The number of carbonyl (C=O) groups excluding carboxylic acids is 1.